The van der Waals surface area contributed by atoms with E-state index in [-0.39, 0.29) is 0 Å². The summed E-state index contributed by atoms with van der Waals surface area (Å²) in [5.41, 5.74) is 2.55. The van der Waals surface area contributed by atoms with E-state index < -0.39 is 10.4 Å². The third kappa shape index (κ3) is 6.44. The zero-order chi connectivity index (χ0) is 15.6. The van der Waals surface area contributed by atoms with Crippen molar-refractivity contribution in [2.45, 2.75) is 0 Å². The van der Waals surface area contributed by atoms with Gasteiger partial charge in [0.2, 0.25) is 0 Å². The van der Waals surface area contributed by atoms with Gasteiger partial charge >= 0.3 is 10.4 Å². The topological polar surface area (TPSA) is 52.6 Å². The average molecular weight is 304 g/mol. The third-order valence-electron chi connectivity index (χ3n) is 2.25. The van der Waals surface area contributed by atoms with Crippen LogP contribution in [-0.4, -0.2) is 8.42 Å². The summed E-state index contributed by atoms with van der Waals surface area (Å²) in [6.45, 7) is 6.02. The maximum atomic E-state index is 10.2. The largest absolute Gasteiger partial charge is 0.499 e. The van der Waals surface area contributed by atoms with E-state index in [2.05, 4.69) is 70.1 Å². The smallest absolute Gasteiger partial charge is 0.361 e. The molecule has 0 aliphatic heterocycles. The predicted molar refractivity (Wildman–Crippen MR) is 83.4 cm³/mol. The molecule has 0 saturated heterocycles. The van der Waals surface area contributed by atoms with Crippen molar-refractivity contribution in [1.82, 2.24) is 0 Å². The fraction of sp³-hybridized carbons (Fsp3) is 0. The van der Waals surface area contributed by atoms with Gasteiger partial charge in [-0.05, 0) is 11.1 Å². The Bertz CT molecular complexity index is 596. The quantitative estimate of drug-likeness (QED) is 0.786. The van der Waals surface area contributed by atoms with Gasteiger partial charge in [-0.15, -0.1) is 8.42 Å². The van der Waals surface area contributed by atoms with Crippen LogP contribution in [0.1, 0.15) is 0 Å². The molecule has 0 saturated carbocycles. The maximum Gasteiger partial charge on any atom is 0.499 e. The Balaban J connectivity index is 0.000000222. The standard InChI is InChI=1S/C12H10.C4H6O4S/c1-3-7-11(8-4-1)12-9-5-2-6-10-12;1-3-7-9(5,6)8-4-2/h1-10H;3-4H,1-2H2. The lowest BCUT2D eigenvalue weighted by Gasteiger charge is -1.98. The first-order valence-electron chi connectivity index (χ1n) is 6.03. The summed E-state index contributed by atoms with van der Waals surface area (Å²) in [6, 6.07) is 20.8. The molecule has 2 aromatic rings. The molecule has 0 aromatic heterocycles. The second-order valence-corrected chi connectivity index (χ2v) is 4.87. The van der Waals surface area contributed by atoms with Crippen LogP contribution in [0, 0.1) is 0 Å². The van der Waals surface area contributed by atoms with Crippen molar-refractivity contribution >= 4 is 10.4 Å². The van der Waals surface area contributed by atoms with Gasteiger partial charge in [0.1, 0.15) is 12.5 Å². The maximum absolute atomic E-state index is 10.2. The highest BCUT2D eigenvalue weighted by molar-refractivity contribution is 7.82. The summed E-state index contributed by atoms with van der Waals surface area (Å²) in [4.78, 5) is 0. The van der Waals surface area contributed by atoms with Crippen molar-refractivity contribution in [3.05, 3.63) is 86.3 Å². The number of hydrogen-bond acceptors (Lipinski definition) is 4. The molecular weight excluding hydrogens is 288 g/mol. The minimum atomic E-state index is -3.92. The highest BCUT2D eigenvalue weighted by atomic mass is 32.3. The molecule has 2 aromatic carbocycles. The monoisotopic (exact) mass is 304 g/mol. The van der Waals surface area contributed by atoms with Crippen LogP contribution < -0.4 is 0 Å². The number of hydrogen-bond donors (Lipinski definition) is 0. The average Bonchev–Trinajstić information content (AvgIpc) is 2.49. The molecule has 0 N–H and O–H groups in total. The summed E-state index contributed by atoms with van der Waals surface area (Å²) in [7, 11) is -3.92. The minimum Gasteiger partial charge on any atom is -0.361 e. The van der Waals surface area contributed by atoms with Crippen molar-refractivity contribution in [1.29, 1.82) is 0 Å². The molecule has 5 heteroatoms. The van der Waals surface area contributed by atoms with Crippen LogP contribution in [0.2, 0.25) is 0 Å². The summed E-state index contributed by atoms with van der Waals surface area (Å²) in [5, 5.41) is 0. The zero-order valence-electron chi connectivity index (χ0n) is 11.4. The first-order valence-corrected chi connectivity index (χ1v) is 7.36. The summed E-state index contributed by atoms with van der Waals surface area (Å²) in [5.74, 6) is 0. The predicted octanol–water partition coefficient (Wildman–Crippen LogP) is 3.91. The Labute approximate surface area is 125 Å². The van der Waals surface area contributed by atoms with Gasteiger partial charge in [0.05, 0.1) is 0 Å². The second-order valence-electron chi connectivity index (χ2n) is 3.67. The zero-order valence-corrected chi connectivity index (χ0v) is 12.2. The number of benzene rings is 2. The first-order chi connectivity index (χ1) is 10.1. The Hall–Kier alpha value is -2.53. The first kappa shape index (κ1) is 16.5. The van der Waals surface area contributed by atoms with Crippen molar-refractivity contribution < 1.29 is 16.8 Å². The Morgan fingerprint density at radius 1 is 0.714 bits per heavy atom. The third-order valence-corrected chi connectivity index (χ3v) is 3.00. The van der Waals surface area contributed by atoms with Gasteiger partial charge in [0.15, 0.2) is 0 Å². The molecule has 0 heterocycles. The SMILES string of the molecule is C=COS(=O)(=O)OC=C.c1ccc(-c2ccccc2)cc1. The van der Waals surface area contributed by atoms with Crippen LogP contribution in [0.3, 0.4) is 0 Å². The molecule has 0 unspecified atom stereocenters. The molecule has 0 radical (unpaired) electrons. The highest BCUT2D eigenvalue weighted by Crippen LogP contribution is 2.17. The molecule has 0 bridgehead atoms. The van der Waals surface area contributed by atoms with Gasteiger partial charge in [-0.3, -0.25) is 0 Å². The molecule has 0 fully saturated rings. The van der Waals surface area contributed by atoms with E-state index in [1.54, 1.807) is 0 Å². The lowest BCUT2D eigenvalue weighted by molar-refractivity contribution is 0.337. The molecular formula is C16H16O4S. The highest BCUT2D eigenvalue weighted by Gasteiger charge is 2.05. The van der Waals surface area contributed by atoms with Crippen molar-refractivity contribution in [2.24, 2.45) is 0 Å². The molecule has 0 spiro atoms. The van der Waals surface area contributed by atoms with E-state index in [9.17, 15) is 8.42 Å². The molecule has 0 aliphatic carbocycles. The van der Waals surface area contributed by atoms with Gasteiger partial charge in [-0.25, -0.2) is 0 Å². The van der Waals surface area contributed by atoms with E-state index in [1.165, 1.54) is 11.1 Å². The van der Waals surface area contributed by atoms with Gasteiger partial charge in [0.25, 0.3) is 0 Å². The van der Waals surface area contributed by atoms with E-state index in [4.69, 9.17) is 0 Å². The van der Waals surface area contributed by atoms with Gasteiger partial charge in [0, 0.05) is 0 Å². The van der Waals surface area contributed by atoms with Crippen LogP contribution in [-0.2, 0) is 18.8 Å². The summed E-state index contributed by atoms with van der Waals surface area (Å²) >= 11 is 0. The molecule has 4 nitrogen and oxygen atoms in total. The molecule has 21 heavy (non-hydrogen) atoms. The lowest BCUT2D eigenvalue weighted by Crippen LogP contribution is -2.01. The molecule has 0 aliphatic rings. The van der Waals surface area contributed by atoms with Gasteiger partial charge < -0.3 is 8.37 Å². The molecule has 0 amide bonds. The van der Waals surface area contributed by atoms with Crippen LogP contribution >= 0.6 is 0 Å². The van der Waals surface area contributed by atoms with E-state index in [1.807, 2.05) is 12.1 Å². The van der Waals surface area contributed by atoms with Crippen molar-refractivity contribution in [3.8, 4) is 11.1 Å². The fourth-order valence-electron chi connectivity index (χ4n) is 1.45. The van der Waals surface area contributed by atoms with Crippen molar-refractivity contribution in [3.63, 3.8) is 0 Å². The molecule has 2 rings (SSSR count). The normalized spacial score (nSPS) is 9.71. The van der Waals surface area contributed by atoms with Crippen LogP contribution in [0.4, 0.5) is 0 Å². The van der Waals surface area contributed by atoms with E-state index >= 15 is 0 Å². The van der Waals surface area contributed by atoms with Crippen LogP contribution in [0.25, 0.3) is 11.1 Å². The molecule has 110 valence electrons. The lowest BCUT2D eigenvalue weighted by atomic mass is 10.1. The van der Waals surface area contributed by atoms with Crippen LogP contribution in [0.15, 0.2) is 86.3 Å². The van der Waals surface area contributed by atoms with E-state index in [0.717, 1.165) is 12.5 Å². The van der Waals surface area contributed by atoms with Gasteiger partial charge in [-0.1, -0.05) is 73.8 Å². The minimum absolute atomic E-state index is 0.749. The van der Waals surface area contributed by atoms with Gasteiger partial charge in [-0.2, -0.15) is 0 Å². The summed E-state index contributed by atoms with van der Waals surface area (Å²) < 4.78 is 28.3. The Kier molecular flexibility index (Phi) is 6.77. The van der Waals surface area contributed by atoms with Crippen molar-refractivity contribution in [2.75, 3.05) is 0 Å². The van der Waals surface area contributed by atoms with E-state index in [0.29, 0.717) is 0 Å². The summed E-state index contributed by atoms with van der Waals surface area (Å²) in [6.07, 6.45) is 1.50. The van der Waals surface area contributed by atoms with Crippen LogP contribution in [0.5, 0.6) is 0 Å². The fourth-order valence-corrected chi connectivity index (χ4v) is 1.83. The Morgan fingerprint density at radius 3 is 1.33 bits per heavy atom. The second kappa shape index (κ2) is 8.60. The number of rotatable bonds is 5. The molecule has 0 atom stereocenters. The Morgan fingerprint density at radius 2 is 1.05 bits per heavy atom.